The molecular weight excluding hydrogens is 358 g/mol. The van der Waals surface area contributed by atoms with Gasteiger partial charge in [-0.3, -0.25) is 14.5 Å². The molecule has 3 rings (SSSR count). The lowest BCUT2D eigenvalue weighted by molar-refractivity contribution is -0.130. The zero-order valence-corrected chi connectivity index (χ0v) is 16.3. The van der Waals surface area contributed by atoms with Gasteiger partial charge >= 0.3 is 0 Å². The maximum atomic E-state index is 12.8. The third-order valence-corrected chi connectivity index (χ3v) is 5.32. The van der Waals surface area contributed by atoms with Gasteiger partial charge < -0.3 is 5.32 Å². The Morgan fingerprint density at radius 3 is 2.37 bits per heavy atom. The highest BCUT2D eigenvalue weighted by Crippen LogP contribution is 2.32. The van der Waals surface area contributed by atoms with Gasteiger partial charge in [0.2, 0.25) is 11.8 Å². The minimum absolute atomic E-state index is 0.00941. The summed E-state index contributed by atoms with van der Waals surface area (Å²) in [7, 11) is 0. The number of carbonyl (C=O) groups is 2. The molecule has 0 unspecified atom stereocenters. The number of benzene rings is 2. The summed E-state index contributed by atoms with van der Waals surface area (Å²) in [6.45, 7) is 4.37. The number of amidine groups is 1. The molecule has 6 heteroatoms. The number of thioether (sulfide) groups is 1. The summed E-state index contributed by atoms with van der Waals surface area (Å²) in [5.41, 5.74) is 1.83. The number of rotatable bonds is 6. The summed E-state index contributed by atoms with van der Waals surface area (Å²) in [5, 5.41) is 3.11. The lowest BCUT2D eigenvalue weighted by Gasteiger charge is -2.20. The van der Waals surface area contributed by atoms with Crippen LogP contribution in [0.1, 0.15) is 25.8 Å². The van der Waals surface area contributed by atoms with Crippen molar-refractivity contribution in [2.24, 2.45) is 4.99 Å². The Bertz CT molecular complexity index is 822. The van der Waals surface area contributed by atoms with E-state index in [9.17, 15) is 9.59 Å². The third kappa shape index (κ3) is 4.98. The van der Waals surface area contributed by atoms with E-state index in [1.54, 1.807) is 4.90 Å². The predicted molar refractivity (Wildman–Crippen MR) is 110 cm³/mol. The molecule has 0 spiro atoms. The molecule has 1 aliphatic heterocycles. The first-order valence-electron chi connectivity index (χ1n) is 8.98. The Hall–Kier alpha value is -2.60. The average Bonchev–Trinajstić information content (AvgIpc) is 2.97. The summed E-state index contributed by atoms with van der Waals surface area (Å²) in [6, 6.07) is 19.3. The van der Waals surface area contributed by atoms with Crippen LogP contribution in [0.15, 0.2) is 65.7 Å². The first-order chi connectivity index (χ1) is 13.0. The molecule has 1 heterocycles. The van der Waals surface area contributed by atoms with Crippen LogP contribution < -0.4 is 5.32 Å². The molecule has 0 bridgehead atoms. The van der Waals surface area contributed by atoms with Crippen LogP contribution in [-0.2, 0) is 16.1 Å². The van der Waals surface area contributed by atoms with E-state index in [1.165, 1.54) is 11.8 Å². The fourth-order valence-corrected chi connectivity index (χ4v) is 4.09. The highest BCUT2D eigenvalue weighted by Gasteiger charge is 2.40. The van der Waals surface area contributed by atoms with Crippen molar-refractivity contribution in [1.82, 2.24) is 10.2 Å². The smallest absolute Gasteiger partial charge is 0.242 e. The molecule has 5 nitrogen and oxygen atoms in total. The molecular formula is C21H23N3O2S. The fraction of sp³-hybridized carbons (Fsp3) is 0.286. The van der Waals surface area contributed by atoms with E-state index >= 15 is 0 Å². The monoisotopic (exact) mass is 381 g/mol. The Balaban J connectivity index is 1.66. The average molecular weight is 382 g/mol. The van der Waals surface area contributed by atoms with Crippen LogP contribution in [0.3, 0.4) is 0 Å². The van der Waals surface area contributed by atoms with Crippen molar-refractivity contribution in [1.29, 1.82) is 0 Å². The summed E-state index contributed by atoms with van der Waals surface area (Å²) in [4.78, 5) is 31.4. The number of nitrogens with zero attached hydrogens (tertiary/aromatic N) is 2. The minimum Gasteiger partial charge on any atom is -0.352 e. The van der Waals surface area contributed by atoms with Gasteiger partial charge in [0.15, 0.2) is 5.17 Å². The van der Waals surface area contributed by atoms with E-state index < -0.39 is 5.25 Å². The van der Waals surface area contributed by atoms with Gasteiger partial charge in [0.1, 0.15) is 5.25 Å². The molecule has 27 heavy (non-hydrogen) atoms. The number of para-hydroxylation sites is 1. The lowest BCUT2D eigenvalue weighted by atomic mass is 10.2. The molecule has 1 aliphatic rings. The Kier molecular flexibility index (Phi) is 6.29. The quantitative estimate of drug-likeness (QED) is 0.829. The number of aliphatic imine (C=N–C) groups is 1. The second-order valence-electron chi connectivity index (χ2n) is 6.60. The lowest BCUT2D eigenvalue weighted by Crippen LogP contribution is -2.38. The van der Waals surface area contributed by atoms with Crippen molar-refractivity contribution in [2.75, 3.05) is 0 Å². The highest BCUT2D eigenvalue weighted by atomic mass is 32.2. The summed E-state index contributed by atoms with van der Waals surface area (Å²) >= 11 is 1.37. The predicted octanol–water partition coefficient (Wildman–Crippen LogP) is 3.73. The third-order valence-electron chi connectivity index (χ3n) is 4.17. The summed E-state index contributed by atoms with van der Waals surface area (Å²) in [5.74, 6) is -0.186. The summed E-state index contributed by atoms with van der Waals surface area (Å²) < 4.78 is 0. The van der Waals surface area contributed by atoms with Crippen molar-refractivity contribution in [3.63, 3.8) is 0 Å². The van der Waals surface area contributed by atoms with Crippen molar-refractivity contribution in [2.45, 2.75) is 38.1 Å². The van der Waals surface area contributed by atoms with E-state index in [2.05, 4.69) is 10.3 Å². The zero-order valence-electron chi connectivity index (χ0n) is 15.5. The number of nitrogens with one attached hydrogen (secondary N) is 1. The highest BCUT2D eigenvalue weighted by molar-refractivity contribution is 8.15. The molecule has 0 saturated carbocycles. The molecule has 2 aromatic rings. The molecule has 140 valence electrons. The minimum atomic E-state index is -0.439. The standard InChI is InChI=1S/C21H23N3O2S/c1-15(2)24-20(26)18(27-21(24)23-17-11-7-4-8-12-17)13-19(25)22-14-16-9-5-3-6-10-16/h3-12,15,18H,13-14H2,1-2H3,(H,22,25)/t18-/m0/s1. The molecule has 0 radical (unpaired) electrons. The van der Waals surface area contributed by atoms with E-state index in [4.69, 9.17) is 0 Å². The normalized spacial score (nSPS) is 18.3. The van der Waals surface area contributed by atoms with Gasteiger partial charge in [-0.05, 0) is 31.5 Å². The zero-order chi connectivity index (χ0) is 19.2. The van der Waals surface area contributed by atoms with Gasteiger partial charge in [0.05, 0.1) is 5.69 Å². The molecule has 2 aromatic carbocycles. The molecule has 0 aromatic heterocycles. The van der Waals surface area contributed by atoms with Crippen LogP contribution in [0.5, 0.6) is 0 Å². The molecule has 1 fully saturated rings. The second kappa shape index (κ2) is 8.86. The van der Waals surface area contributed by atoms with E-state index in [0.717, 1.165) is 11.3 Å². The van der Waals surface area contributed by atoms with E-state index in [0.29, 0.717) is 11.7 Å². The van der Waals surface area contributed by atoms with Crippen LogP contribution in [0.25, 0.3) is 0 Å². The van der Waals surface area contributed by atoms with Crippen LogP contribution in [0.4, 0.5) is 5.69 Å². The van der Waals surface area contributed by atoms with Crippen LogP contribution >= 0.6 is 11.8 Å². The van der Waals surface area contributed by atoms with E-state index in [1.807, 2.05) is 74.5 Å². The van der Waals surface area contributed by atoms with Gasteiger partial charge in [-0.15, -0.1) is 0 Å². The van der Waals surface area contributed by atoms with Crippen molar-refractivity contribution in [3.8, 4) is 0 Å². The number of amides is 2. The van der Waals surface area contributed by atoms with Gasteiger partial charge in [0, 0.05) is 19.0 Å². The fourth-order valence-electron chi connectivity index (χ4n) is 2.82. The Morgan fingerprint density at radius 1 is 1.11 bits per heavy atom. The number of hydrogen-bond acceptors (Lipinski definition) is 4. The number of hydrogen-bond donors (Lipinski definition) is 1. The van der Waals surface area contributed by atoms with Crippen molar-refractivity contribution >= 4 is 34.4 Å². The van der Waals surface area contributed by atoms with E-state index in [-0.39, 0.29) is 24.3 Å². The first kappa shape index (κ1) is 19.2. The maximum Gasteiger partial charge on any atom is 0.242 e. The maximum absolute atomic E-state index is 12.8. The van der Waals surface area contributed by atoms with Gasteiger partial charge in [-0.25, -0.2) is 4.99 Å². The largest absolute Gasteiger partial charge is 0.352 e. The van der Waals surface area contributed by atoms with Gasteiger partial charge in [-0.2, -0.15) is 0 Å². The van der Waals surface area contributed by atoms with Gasteiger partial charge in [-0.1, -0.05) is 60.3 Å². The second-order valence-corrected chi connectivity index (χ2v) is 7.77. The van der Waals surface area contributed by atoms with Crippen molar-refractivity contribution < 1.29 is 9.59 Å². The SMILES string of the molecule is CC(C)N1C(=O)[C@H](CC(=O)NCc2ccccc2)SC1=Nc1ccccc1. The first-order valence-corrected chi connectivity index (χ1v) is 9.86. The molecule has 1 saturated heterocycles. The van der Waals surface area contributed by atoms with Crippen LogP contribution in [0, 0.1) is 0 Å². The molecule has 1 atom stereocenters. The molecule has 0 aliphatic carbocycles. The summed E-state index contributed by atoms with van der Waals surface area (Å²) in [6.07, 6.45) is 0.146. The number of carbonyl (C=O) groups excluding carboxylic acids is 2. The topological polar surface area (TPSA) is 61.8 Å². The Labute approximate surface area is 163 Å². The molecule has 2 amide bonds. The van der Waals surface area contributed by atoms with Crippen LogP contribution in [-0.4, -0.2) is 33.2 Å². The van der Waals surface area contributed by atoms with Gasteiger partial charge in [0.25, 0.3) is 0 Å². The Morgan fingerprint density at radius 2 is 1.74 bits per heavy atom. The molecule has 1 N–H and O–H groups in total. The van der Waals surface area contributed by atoms with Crippen LogP contribution in [0.2, 0.25) is 0 Å². The van der Waals surface area contributed by atoms with Crippen molar-refractivity contribution in [3.05, 3.63) is 66.2 Å².